The number of nitrogens with one attached hydrogen (secondary N) is 2. The molecule has 4 aromatic rings. The molecule has 198 valence electrons. The summed E-state index contributed by atoms with van der Waals surface area (Å²) in [5.74, 6) is 3.59. The Kier molecular flexibility index (Phi) is 6.14. The van der Waals surface area contributed by atoms with Gasteiger partial charge in [-0.3, -0.25) is 0 Å². The minimum absolute atomic E-state index is 0.135. The van der Waals surface area contributed by atoms with E-state index in [0.29, 0.717) is 47.7 Å². The summed E-state index contributed by atoms with van der Waals surface area (Å²) in [5, 5.41) is 3.31. The zero-order valence-electron chi connectivity index (χ0n) is 21.2. The number of hydrogen-bond acceptors (Lipinski definition) is 6. The first-order valence-corrected chi connectivity index (χ1v) is 12.6. The van der Waals surface area contributed by atoms with Gasteiger partial charge in [0, 0.05) is 24.8 Å². The molecule has 7 nitrogen and oxygen atoms in total. The molecule has 0 radical (unpaired) electrons. The number of aromatic amines is 1. The smallest absolute Gasteiger partial charge is 0.416 e. The Morgan fingerprint density at radius 1 is 1.16 bits per heavy atom. The van der Waals surface area contributed by atoms with Crippen molar-refractivity contribution < 1.29 is 22.6 Å². The molecule has 1 atom stereocenters. The molecule has 38 heavy (non-hydrogen) atoms. The van der Waals surface area contributed by atoms with E-state index >= 15 is 0 Å². The van der Waals surface area contributed by atoms with Crippen LogP contribution in [0.3, 0.4) is 0 Å². The van der Waals surface area contributed by atoms with Gasteiger partial charge in [0.1, 0.15) is 28.9 Å². The highest BCUT2D eigenvalue weighted by atomic mass is 19.4. The van der Waals surface area contributed by atoms with Crippen molar-refractivity contribution in [3.8, 4) is 17.2 Å². The fourth-order valence-corrected chi connectivity index (χ4v) is 5.20. The number of anilines is 1. The fourth-order valence-electron chi connectivity index (χ4n) is 5.20. The Balaban J connectivity index is 1.28. The largest absolute Gasteiger partial charge is 0.493 e. The number of nitrogens with zero attached hydrogens (tertiary/aromatic N) is 3. The quantitative estimate of drug-likeness (QED) is 0.339. The number of pyridine rings is 1. The molecule has 2 aromatic carbocycles. The molecule has 4 heterocycles. The number of ether oxygens (including phenoxy) is 2. The van der Waals surface area contributed by atoms with Crippen molar-refractivity contribution in [3.05, 3.63) is 70.7 Å². The summed E-state index contributed by atoms with van der Waals surface area (Å²) in [4.78, 5) is 14.1. The predicted molar refractivity (Wildman–Crippen MR) is 138 cm³/mol. The van der Waals surface area contributed by atoms with Crippen LogP contribution in [-0.2, 0) is 25.6 Å². The molecule has 0 amide bonds. The molecule has 10 heteroatoms. The van der Waals surface area contributed by atoms with Crippen LogP contribution in [0, 0.1) is 0 Å². The van der Waals surface area contributed by atoms with E-state index in [-0.39, 0.29) is 5.92 Å². The monoisotopic (exact) mass is 523 g/mol. The Labute approximate surface area is 218 Å². The Hall–Kier alpha value is -3.79. The number of alkyl halides is 3. The maximum atomic E-state index is 13.6. The van der Waals surface area contributed by atoms with Gasteiger partial charge in [0.25, 0.3) is 0 Å². The molecular formula is C28H28F3N5O2. The van der Waals surface area contributed by atoms with Crippen LogP contribution in [0.2, 0.25) is 0 Å². The lowest BCUT2D eigenvalue weighted by Crippen LogP contribution is -2.20. The lowest BCUT2D eigenvalue weighted by Gasteiger charge is -2.25. The van der Waals surface area contributed by atoms with Crippen LogP contribution in [0.4, 0.5) is 19.0 Å². The summed E-state index contributed by atoms with van der Waals surface area (Å²) in [5.41, 5.74) is 2.82. The van der Waals surface area contributed by atoms with E-state index in [2.05, 4.69) is 15.3 Å². The number of hydrogen-bond donors (Lipinski definition) is 2. The molecule has 2 N–H and O–H groups in total. The summed E-state index contributed by atoms with van der Waals surface area (Å²) in [6, 6.07) is 9.95. The number of fused-ring (bicyclic) bond motifs is 3. The second kappa shape index (κ2) is 9.50. The molecule has 1 unspecified atom stereocenters. The number of imidazole rings is 1. The lowest BCUT2D eigenvalue weighted by molar-refractivity contribution is -0.137. The van der Waals surface area contributed by atoms with Crippen LogP contribution in [0.5, 0.6) is 17.2 Å². The Morgan fingerprint density at radius 2 is 2.03 bits per heavy atom. The molecule has 6 rings (SSSR count). The third kappa shape index (κ3) is 4.76. The summed E-state index contributed by atoms with van der Waals surface area (Å²) in [6.45, 7) is 1.63. The van der Waals surface area contributed by atoms with E-state index in [1.165, 1.54) is 6.07 Å². The van der Waals surface area contributed by atoms with Crippen molar-refractivity contribution in [1.82, 2.24) is 19.9 Å². The molecule has 2 aromatic heterocycles. The molecule has 0 spiro atoms. The number of rotatable bonds is 5. The van der Waals surface area contributed by atoms with Gasteiger partial charge in [-0.1, -0.05) is 0 Å². The third-order valence-electron chi connectivity index (χ3n) is 6.96. The Morgan fingerprint density at radius 3 is 2.84 bits per heavy atom. The van der Waals surface area contributed by atoms with Gasteiger partial charge in [0.05, 0.1) is 29.1 Å². The fraction of sp³-hybridized carbons (Fsp3) is 0.357. The maximum Gasteiger partial charge on any atom is 0.416 e. The molecule has 0 bridgehead atoms. The van der Waals surface area contributed by atoms with E-state index in [9.17, 15) is 13.2 Å². The number of benzene rings is 2. The lowest BCUT2D eigenvalue weighted by atomic mass is 9.96. The predicted octanol–water partition coefficient (Wildman–Crippen LogP) is 5.91. The first-order valence-electron chi connectivity index (χ1n) is 12.6. The summed E-state index contributed by atoms with van der Waals surface area (Å²) >= 11 is 0. The molecule has 2 aliphatic rings. The first kappa shape index (κ1) is 24.5. The SMILES string of the molecule is CN(C)Cc1cc(C(F)(F)F)cc2[nH]c(C3COc4ccc(Oc5ccnc6c5CCCN6)cc4C3)nc12. The Bertz CT molecular complexity index is 1500. The van der Waals surface area contributed by atoms with Gasteiger partial charge in [0.15, 0.2) is 0 Å². The van der Waals surface area contributed by atoms with Gasteiger partial charge in [-0.2, -0.15) is 13.2 Å². The first-order chi connectivity index (χ1) is 18.2. The van der Waals surface area contributed by atoms with Crippen LogP contribution in [-0.4, -0.2) is 47.1 Å². The molecule has 0 saturated heterocycles. The van der Waals surface area contributed by atoms with Crippen LogP contribution >= 0.6 is 0 Å². The standard InChI is InChI=1S/C28H28F3N5O2/c1-36(2)14-17-11-19(28(29,30)31)13-22-25(17)35-26(34-22)18-10-16-12-20(5-6-23(16)37-15-18)38-24-7-9-33-27-21(24)4-3-8-32-27/h5-7,9,11-13,18H,3-4,8,10,14-15H2,1-2H3,(H,32,33)(H,34,35). The second-order valence-corrected chi connectivity index (χ2v) is 10.1. The third-order valence-corrected chi connectivity index (χ3v) is 6.96. The second-order valence-electron chi connectivity index (χ2n) is 10.1. The van der Waals surface area contributed by atoms with Crippen molar-refractivity contribution in [2.75, 3.05) is 32.6 Å². The van der Waals surface area contributed by atoms with Gasteiger partial charge in [-0.25, -0.2) is 9.97 Å². The highest BCUT2D eigenvalue weighted by molar-refractivity contribution is 5.80. The molecule has 0 aliphatic carbocycles. The average molecular weight is 524 g/mol. The van der Waals surface area contributed by atoms with E-state index in [0.717, 1.165) is 53.9 Å². The normalized spacial score (nSPS) is 17.1. The van der Waals surface area contributed by atoms with Gasteiger partial charge >= 0.3 is 6.18 Å². The highest BCUT2D eigenvalue weighted by Gasteiger charge is 2.33. The highest BCUT2D eigenvalue weighted by Crippen LogP contribution is 2.39. The minimum Gasteiger partial charge on any atom is -0.493 e. The number of H-pyrrole nitrogens is 1. The van der Waals surface area contributed by atoms with Crippen molar-refractivity contribution in [2.24, 2.45) is 0 Å². The van der Waals surface area contributed by atoms with Gasteiger partial charge in [0.2, 0.25) is 0 Å². The summed E-state index contributed by atoms with van der Waals surface area (Å²) in [7, 11) is 3.65. The van der Waals surface area contributed by atoms with Crippen LogP contribution in [0.1, 0.15) is 40.4 Å². The van der Waals surface area contributed by atoms with E-state index in [4.69, 9.17) is 14.5 Å². The molecule has 2 aliphatic heterocycles. The van der Waals surface area contributed by atoms with Gasteiger partial charge in [-0.15, -0.1) is 0 Å². The van der Waals surface area contributed by atoms with Crippen LogP contribution in [0.25, 0.3) is 11.0 Å². The number of halogens is 3. The van der Waals surface area contributed by atoms with E-state index in [1.54, 1.807) is 6.20 Å². The van der Waals surface area contributed by atoms with Gasteiger partial charge in [-0.05, 0) is 80.9 Å². The molecular weight excluding hydrogens is 495 g/mol. The topological polar surface area (TPSA) is 75.3 Å². The van der Waals surface area contributed by atoms with Crippen LogP contribution < -0.4 is 14.8 Å². The van der Waals surface area contributed by atoms with Crippen molar-refractivity contribution in [3.63, 3.8) is 0 Å². The minimum atomic E-state index is -4.44. The maximum absolute atomic E-state index is 13.6. The average Bonchev–Trinajstić information content (AvgIpc) is 3.33. The molecule has 0 saturated carbocycles. The van der Waals surface area contributed by atoms with E-state index in [1.807, 2.05) is 43.3 Å². The van der Waals surface area contributed by atoms with E-state index < -0.39 is 11.7 Å². The van der Waals surface area contributed by atoms with Crippen molar-refractivity contribution >= 4 is 16.9 Å². The summed E-state index contributed by atoms with van der Waals surface area (Å²) < 4.78 is 53.0. The summed E-state index contributed by atoms with van der Waals surface area (Å²) in [6.07, 6.45) is -0.154. The molecule has 0 fully saturated rings. The van der Waals surface area contributed by atoms with Crippen LogP contribution in [0.15, 0.2) is 42.6 Å². The zero-order chi connectivity index (χ0) is 26.4. The zero-order valence-corrected chi connectivity index (χ0v) is 21.2. The number of aromatic nitrogens is 3. The van der Waals surface area contributed by atoms with Gasteiger partial charge < -0.3 is 24.7 Å². The van der Waals surface area contributed by atoms with Crippen molar-refractivity contribution in [1.29, 1.82) is 0 Å². The van der Waals surface area contributed by atoms with Crippen molar-refractivity contribution in [2.45, 2.75) is 37.9 Å².